The number of nitrogens with one attached hydrogen (secondary N) is 1. The van der Waals surface area contributed by atoms with Crippen molar-refractivity contribution in [2.45, 2.75) is 33.7 Å². The average Bonchev–Trinajstić information content (AvgIpc) is 2.81. The molecule has 3 rings (SSSR count). The highest BCUT2D eigenvalue weighted by Crippen LogP contribution is 2.18. The summed E-state index contributed by atoms with van der Waals surface area (Å²) in [5.41, 5.74) is 3.77. The lowest BCUT2D eigenvalue weighted by molar-refractivity contribution is 0.574. The van der Waals surface area contributed by atoms with Gasteiger partial charge in [0, 0.05) is 23.0 Å². The largest absolute Gasteiger partial charge is 0.346 e. The lowest BCUT2D eigenvalue weighted by Gasteiger charge is -2.13. The molecule has 3 aromatic rings. The third-order valence-corrected chi connectivity index (χ3v) is 4.41. The highest BCUT2D eigenvalue weighted by molar-refractivity contribution is 7.71. The molecule has 0 aliphatic heterocycles. The van der Waals surface area contributed by atoms with E-state index in [-0.39, 0.29) is 10.3 Å². The Morgan fingerprint density at radius 3 is 2.62 bits per heavy atom. The quantitative estimate of drug-likeness (QED) is 0.580. The molecule has 0 radical (unpaired) electrons. The minimum absolute atomic E-state index is 0.219. The van der Waals surface area contributed by atoms with E-state index in [0.717, 1.165) is 16.8 Å². The molecule has 6 heteroatoms. The van der Waals surface area contributed by atoms with E-state index in [4.69, 9.17) is 12.2 Å². The molecule has 0 aliphatic rings. The summed E-state index contributed by atoms with van der Waals surface area (Å²) in [6.07, 6.45) is 1.70. The van der Waals surface area contributed by atoms with Crippen molar-refractivity contribution in [1.29, 1.82) is 0 Å². The maximum atomic E-state index is 12.6. The molecule has 0 unspecified atom stereocenters. The number of aromatic amines is 1. The van der Waals surface area contributed by atoms with Gasteiger partial charge in [-0.2, -0.15) is 9.78 Å². The van der Waals surface area contributed by atoms with Crippen molar-refractivity contribution in [3.63, 3.8) is 0 Å². The molecule has 0 aliphatic carbocycles. The Balaban J connectivity index is 2.11. The van der Waals surface area contributed by atoms with E-state index >= 15 is 0 Å². The first-order chi connectivity index (χ1) is 11.4. The Morgan fingerprint density at radius 1 is 1.25 bits per heavy atom. The van der Waals surface area contributed by atoms with Gasteiger partial charge in [0.15, 0.2) is 0 Å². The first-order valence-corrected chi connectivity index (χ1v) is 8.28. The first kappa shape index (κ1) is 16.4. The van der Waals surface area contributed by atoms with Crippen LogP contribution in [0.2, 0.25) is 0 Å². The second-order valence-electron chi connectivity index (χ2n) is 6.13. The van der Waals surface area contributed by atoms with Crippen LogP contribution in [0.4, 0.5) is 0 Å². The lowest BCUT2D eigenvalue weighted by atomic mass is 10.2. The summed E-state index contributed by atoms with van der Waals surface area (Å²) in [6, 6.07) is 9.72. The number of aryl methyl sites for hydroxylation is 1. The zero-order chi connectivity index (χ0) is 17.4. The zero-order valence-electron chi connectivity index (χ0n) is 14.2. The van der Waals surface area contributed by atoms with Crippen LogP contribution < -0.4 is 5.56 Å². The highest BCUT2D eigenvalue weighted by atomic mass is 32.1. The van der Waals surface area contributed by atoms with Gasteiger partial charge in [0.25, 0.3) is 5.56 Å². The summed E-state index contributed by atoms with van der Waals surface area (Å²) >= 11 is 5.28. The predicted molar refractivity (Wildman–Crippen MR) is 101 cm³/mol. The molecule has 0 saturated heterocycles. The predicted octanol–water partition coefficient (Wildman–Crippen LogP) is 3.94. The van der Waals surface area contributed by atoms with Crippen LogP contribution in [0.15, 0.2) is 40.2 Å². The Labute approximate surface area is 145 Å². The number of benzene rings is 1. The monoisotopic (exact) mass is 340 g/mol. The van der Waals surface area contributed by atoms with Crippen molar-refractivity contribution in [2.75, 3.05) is 0 Å². The van der Waals surface area contributed by atoms with E-state index in [1.165, 1.54) is 10.4 Å². The van der Waals surface area contributed by atoms with Crippen LogP contribution in [0, 0.1) is 18.6 Å². The minimum Gasteiger partial charge on any atom is -0.346 e. The molecular formula is C18H20N4OS. The fourth-order valence-electron chi connectivity index (χ4n) is 3.11. The molecule has 0 saturated carbocycles. The molecule has 2 aromatic heterocycles. The molecule has 0 bridgehead atoms. The third-order valence-electron chi connectivity index (χ3n) is 4.14. The number of rotatable bonds is 3. The van der Waals surface area contributed by atoms with Crippen LogP contribution in [-0.2, 0) is 0 Å². The number of H-pyrrole nitrogens is 1. The molecular weight excluding hydrogens is 320 g/mol. The highest BCUT2D eigenvalue weighted by Gasteiger charge is 2.10. The van der Waals surface area contributed by atoms with Gasteiger partial charge in [-0.3, -0.25) is 4.79 Å². The van der Waals surface area contributed by atoms with Crippen LogP contribution in [-0.4, -0.2) is 20.4 Å². The van der Waals surface area contributed by atoms with E-state index in [2.05, 4.69) is 48.4 Å². The SMILES string of the molecule is Cc1cc(/C=N\n2c(=S)[nH]c3ccccc3c2=O)c(C)n1C(C)C. The van der Waals surface area contributed by atoms with Crippen LogP contribution >= 0.6 is 12.2 Å². The van der Waals surface area contributed by atoms with E-state index in [9.17, 15) is 4.79 Å². The second-order valence-corrected chi connectivity index (χ2v) is 6.51. The summed E-state index contributed by atoms with van der Waals surface area (Å²) in [6.45, 7) is 8.41. The summed E-state index contributed by atoms with van der Waals surface area (Å²) in [4.78, 5) is 15.6. The van der Waals surface area contributed by atoms with E-state index < -0.39 is 0 Å². The molecule has 0 amide bonds. The van der Waals surface area contributed by atoms with E-state index in [1.54, 1.807) is 12.3 Å². The Bertz CT molecular complexity index is 1050. The summed E-state index contributed by atoms with van der Waals surface area (Å²) in [7, 11) is 0. The smallest absolute Gasteiger partial charge is 0.282 e. The van der Waals surface area contributed by atoms with Gasteiger partial charge in [-0.15, -0.1) is 0 Å². The normalized spacial score (nSPS) is 11.9. The minimum atomic E-state index is -0.219. The lowest BCUT2D eigenvalue weighted by Crippen LogP contribution is -2.18. The van der Waals surface area contributed by atoms with Gasteiger partial charge in [-0.25, -0.2) is 0 Å². The molecule has 1 N–H and O–H groups in total. The molecule has 0 spiro atoms. The van der Waals surface area contributed by atoms with Gasteiger partial charge in [-0.05, 0) is 58.1 Å². The number of hydrogen-bond acceptors (Lipinski definition) is 3. The van der Waals surface area contributed by atoms with Crippen molar-refractivity contribution in [1.82, 2.24) is 14.2 Å². The number of fused-ring (bicyclic) bond motifs is 1. The van der Waals surface area contributed by atoms with Gasteiger partial charge in [-0.1, -0.05) is 12.1 Å². The molecule has 2 heterocycles. The number of hydrogen-bond donors (Lipinski definition) is 1. The van der Waals surface area contributed by atoms with Crippen LogP contribution in [0.1, 0.15) is 36.8 Å². The van der Waals surface area contributed by atoms with Crippen molar-refractivity contribution in [2.24, 2.45) is 5.10 Å². The van der Waals surface area contributed by atoms with Crippen molar-refractivity contribution in [3.05, 3.63) is 62.4 Å². The van der Waals surface area contributed by atoms with Gasteiger partial charge in [0.05, 0.1) is 17.1 Å². The zero-order valence-corrected chi connectivity index (χ0v) is 15.0. The van der Waals surface area contributed by atoms with Crippen molar-refractivity contribution in [3.8, 4) is 0 Å². The Kier molecular flexibility index (Phi) is 4.24. The van der Waals surface area contributed by atoms with Crippen LogP contribution in [0.3, 0.4) is 0 Å². The molecule has 0 atom stereocenters. The van der Waals surface area contributed by atoms with Gasteiger partial charge in [0.2, 0.25) is 4.77 Å². The molecule has 1 aromatic carbocycles. The fraction of sp³-hybridized carbons (Fsp3) is 0.278. The summed E-state index contributed by atoms with van der Waals surface area (Å²) in [5, 5.41) is 4.90. The molecule has 5 nitrogen and oxygen atoms in total. The van der Waals surface area contributed by atoms with Crippen molar-refractivity contribution >= 4 is 29.3 Å². The standard InChI is InChI=1S/C18H20N4OS/c1-11(2)21-12(3)9-14(13(21)4)10-19-22-17(23)15-7-5-6-8-16(15)20-18(22)24/h5-11H,1-4H3,(H,20,24)/b19-10-. The summed E-state index contributed by atoms with van der Waals surface area (Å²) < 4.78 is 3.76. The van der Waals surface area contributed by atoms with Gasteiger partial charge >= 0.3 is 0 Å². The van der Waals surface area contributed by atoms with Crippen LogP contribution in [0.5, 0.6) is 0 Å². The topological polar surface area (TPSA) is 55.1 Å². The van der Waals surface area contributed by atoms with Gasteiger partial charge in [0.1, 0.15) is 0 Å². The van der Waals surface area contributed by atoms with E-state index in [1.807, 2.05) is 18.2 Å². The van der Waals surface area contributed by atoms with E-state index in [0.29, 0.717) is 11.4 Å². The fourth-order valence-corrected chi connectivity index (χ4v) is 3.35. The maximum absolute atomic E-state index is 12.6. The summed E-state index contributed by atoms with van der Waals surface area (Å²) in [5.74, 6) is 0. The molecule has 0 fully saturated rings. The van der Waals surface area contributed by atoms with Crippen molar-refractivity contribution < 1.29 is 0 Å². The Morgan fingerprint density at radius 2 is 1.96 bits per heavy atom. The maximum Gasteiger partial charge on any atom is 0.282 e. The second kappa shape index (κ2) is 6.20. The first-order valence-electron chi connectivity index (χ1n) is 7.87. The number of para-hydroxylation sites is 1. The molecule has 124 valence electrons. The number of nitrogens with zero attached hydrogens (tertiary/aromatic N) is 3. The number of aromatic nitrogens is 3. The Hall–Kier alpha value is -2.47. The average molecular weight is 340 g/mol. The van der Waals surface area contributed by atoms with Gasteiger partial charge < -0.3 is 9.55 Å². The van der Waals surface area contributed by atoms with Crippen LogP contribution in [0.25, 0.3) is 10.9 Å². The third kappa shape index (κ3) is 2.73. The molecule has 24 heavy (non-hydrogen) atoms.